The van der Waals surface area contributed by atoms with Crippen LogP contribution in [0.4, 0.5) is 5.69 Å². The van der Waals surface area contributed by atoms with Crippen molar-refractivity contribution in [2.24, 2.45) is 0 Å². The quantitative estimate of drug-likeness (QED) is 0.616. The number of para-hydroxylation sites is 2. The Bertz CT molecular complexity index is 1080. The van der Waals surface area contributed by atoms with Crippen molar-refractivity contribution < 1.29 is 9.53 Å². The van der Waals surface area contributed by atoms with Crippen LogP contribution in [0.3, 0.4) is 0 Å². The highest BCUT2D eigenvalue weighted by atomic mass is 16.5. The Kier molecular flexibility index (Phi) is 6.03. The highest BCUT2D eigenvalue weighted by molar-refractivity contribution is 5.94. The average Bonchev–Trinajstić information content (AvgIpc) is 3.06. The SMILES string of the molecule is COc1ccccc1N1CCN(C(=O)c2c(C)cc(C)n2Cc2cccc(C)c2)CC1. The molecule has 1 aromatic heterocycles. The Balaban J connectivity index is 1.52. The summed E-state index contributed by atoms with van der Waals surface area (Å²) in [6, 6.07) is 18.7. The van der Waals surface area contributed by atoms with Crippen molar-refractivity contribution in [3.63, 3.8) is 0 Å². The van der Waals surface area contributed by atoms with E-state index in [9.17, 15) is 4.79 Å². The summed E-state index contributed by atoms with van der Waals surface area (Å²) in [5.74, 6) is 0.999. The predicted molar refractivity (Wildman–Crippen MR) is 125 cm³/mol. The number of anilines is 1. The molecule has 162 valence electrons. The zero-order valence-electron chi connectivity index (χ0n) is 18.9. The number of carbonyl (C=O) groups is 1. The van der Waals surface area contributed by atoms with Crippen molar-refractivity contribution in [2.75, 3.05) is 38.2 Å². The molecule has 2 aromatic carbocycles. The third-order valence-corrected chi connectivity index (χ3v) is 6.11. The maximum absolute atomic E-state index is 13.5. The first-order valence-electron chi connectivity index (χ1n) is 10.9. The Morgan fingerprint density at radius 3 is 2.39 bits per heavy atom. The molecule has 0 aliphatic carbocycles. The molecule has 3 aromatic rings. The zero-order chi connectivity index (χ0) is 22.0. The first-order valence-corrected chi connectivity index (χ1v) is 10.9. The van der Waals surface area contributed by atoms with Crippen LogP contribution in [0.25, 0.3) is 0 Å². The van der Waals surface area contributed by atoms with Crippen LogP contribution in [-0.2, 0) is 6.54 Å². The zero-order valence-corrected chi connectivity index (χ0v) is 18.9. The number of ether oxygens (including phenoxy) is 1. The van der Waals surface area contributed by atoms with Gasteiger partial charge in [0, 0.05) is 38.4 Å². The van der Waals surface area contributed by atoms with Crippen LogP contribution in [0, 0.1) is 20.8 Å². The van der Waals surface area contributed by atoms with Gasteiger partial charge in [0.1, 0.15) is 11.4 Å². The first kappa shape index (κ1) is 21.0. The topological polar surface area (TPSA) is 37.7 Å². The molecule has 0 bridgehead atoms. The van der Waals surface area contributed by atoms with Gasteiger partial charge < -0.3 is 19.1 Å². The molecule has 0 radical (unpaired) electrons. The highest BCUT2D eigenvalue weighted by Crippen LogP contribution is 2.29. The summed E-state index contributed by atoms with van der Waals surface area (Å²) in [4.78, 5) is 17.8. The number of nitrogens with zero attached hydrogens (tertiary/aromatic N) is 3. The molecule has 0 atom stereocenters. The number of aryl methyl sites for hydroxylation is 3. The van der Waals surface area contributed by atoms with Gasteiger partial charge >= 0.3 is 0 Å². The molecule has 0 N–H and O–H groups in total. The van der Waals surface area contributed by atoms with E-state index in [-0.39, 0.29) is 5.91 Å². The molecule has 2 heterocycles. The number of rotatable bonds is 5. The minimum Gasteiger partial charge on any atom is -0.495 e. The fraction of sp³-hybridized carbons (Fsp3) is 0.346. The standard InChI is InChI=1S/C26H31N3O2/c1-19-8-7-9-22(16-19)18-29-21(3)17-20(2)25(29)26(30)28-14-12-27(13-15-28)23-10-5-6-11-24(23)31-4/h5-11,16-17H,12-15,18H2,1-4H3. The third kappa shape index (κ3) is 4.31. The van der Waals surface area contributed by atoms with Crippen molar-refractivity contribution in [3.8, 4) is 5.75 Å². The van der Waals surface area contributed by atoms with Gasteiger partial charge in [0.2, 0.25) is 0 Å². The summed E-state index contributed by atoms with van der Waals surface area (Å²) >= 11 is 0. The minimum atomic E-state index is 0.123. The van der Waals surface area contributed by atoms with E-state index in [4.69, 9.17) is 4.74 Å². The van der Waals surface area contributed by atoms with Gasteiger partial charge in [-0.3, -0.25) is 4.79 Å². The van der Waals surface area contributed by atoms with Gasteiger partial charge in [-0.05, 0) is 50.1 Å². The number of hydrogen-bond donors (Lipinski definition) is 0. The van der Waals surface area contributed by atoms with E-state index in [1.165, 1.54) is 11.1 Å². The summed E-state index contributed by atoms with van der Waals surface area (Å²) in [5.41, 5.74) is 6.52. The minimum absolute atomic E-state index is 0.123. The lowest BCUT2D eigenvalue weighted by molar-refractivity contribution is 0.0735. The number of piperazine rings is 1. The van der Waals surface area contributed by atoms with Crippen LogP contribution in [0.15, 0.2) is 54.6 Å². The summed E-state index contributed by atoms with van der Waals surface area (Å²) in [6.07, 6.45) is 0. The monoisotopic (exact) mass is 417 g/mol. The Labute approximate surface area is 184 Å². The summed E-state index contributed by atoms with van der Waals surface area (Å²) in [5, 5.41) is 0. The molecule has 4 rings (SSSR count). The van der Waals surface area contributed by atoms with E-state index in [1.54, 1.807) is 7.11 Å². The number of benzene rings is 2. The molecule has 0 unspecified atom stereocenters. The van der Waals surface area contributed by atoms with E-state index < -0.39 is 0 Å². The number of hydrogen-bond acceptors (Lipinski definition) is 3. The Morgan fingerprint density at radius 2 is 1.68 bits per heavy atom. The van der Waals surface area contributed by atoms with Crippen LogP contribution in [-0.4, -0.2) is 48.7 Å². The van der Waals surface area contributed by atoms with Crippen molar-refractivity contribution in [1.29, 1.82) is 0 Å². The molecule has 5 heteroatoms. The van der Waals surface area contributed by atoms with Crippen molar-refractivity contribution in [3.05, 3.63) is 82.7 Å². The van der Waals surface area contributed by atoms with Crippen LogP contribution in [0.2, 0.25) is 0 Å². The third-order valence-electron chi connectivity index (χ3n) is 6.11. The molecule has 1 amide bonds. The van der Waals surface area contributed by atoms with E-state index in [0.29, 0.717) is 19.6 Å². The average molecular weight is 418 g/mol. The number of methoxy groups -OCH3 is 1. The molecular formula is C26H31N3O2. The fourth-order valence-electron chi connectivity index (χ4n) is 4.52. The summed E-state index contributed by atoms with van der Waals surface area (Å²) in [7, 11) is 1.70. The van der Waals surface area contributed by atoms with Gasteiger partial charge in [0.05, 0.1) is 12.8 Å². The summed E-state index contributed by atoms with van der Waals surface area (Å²) in [6.45, 7) is 9.92. The number of amides is 1. The van der Waals surface area contributed by atoms with Gasteiger partial charge in [-0.2, -0.15) is 0 Å². The second-order valence-electron chi connectivity index (χ2n) is 8.34. The lowest BCUT2D eigenvalue weighted by Crippen LogP contribution is -2.49. The van der Waals surface area contributed by atoms with Crippen molar-refractivity contribution >= 4 is 11.6 Å². The molecule has 31 heavy (non-hydrogen) atoms. The molecule has 1 aliphatic rings. The second-order valence-corrected chi connectivity index (χ2v) is 8.34. The lowest BCUT2D eigenvalue weighted by atomic mass is 10.1. The molecule has 1 saturated heterocycles. The van der Waals surface area contributed by atoms with Gasteiger partial charge in [0.25, 0.3) is 5.91 Å². The van der Waals surface area contributed by atoms with E-state index in [1.807, 2.05) is 30.0 Å². The van der Waals surface area contributed by atoms with Crippen LogP contribution in [0.1, 0.15) is 32.9 Å². The van der Waals surface area contributed by atoms with Crippen LogP contribution >= 0.6 is 0 Å². The predicted octanol–water partition coefficient (Wildman–Crippen LogP) is 4.43. The smallest absolute Gasteiger partial charge is 0.270 e. The maximum Gasteiger partial charge on any atom is 0.270 e. The van der Waals surface area contributed by atoms with E-state index in [0.717, 1.165) is 41.5 Å². The van der Waals surface area contributed by atoms with Gasteiger partial charge in [-0.15, -0.1) is 0 Å². The first-order chi connectivity index (χ1) is 15.0. The molecule has 1 fully saturated rings. The fourth-order valence-corrected chi connectivity index (χ4v) is 4.52. The molecular weight excluding hydrogens is 386 g/mol. The van der Waals surface area contributed by atoms with E-state index in [2.05, 4.69) is 59.7 Å². The molecule has 1 aliphatic heterocycles. The maximum atomic E-state index is 13.5. The van der Waals surface area contributed by atoms with Gasteiger partial charge in [-0.25, -0.2) is 0 Å². The second kappa shape index (κ2) is 8.88. The van der Waals surface area contributed by atoms with Crippen LogP contribution < -0.4 is 9.64 Å². The van der Waals surface area contributed by atoms with Crippen molar-refractivity contribution in [1.82, 2.24) is 9.47 Å². The van der Waals surface area contributed by atoms with Gasteiger partial charge in [0.15, 0.2) is 0 Å². The molecule has 0 saturated carbocycles. The van der Waals surface area contributed by atoms with Crippen molar-refractivity contribution in [2.45, 2.75) is 27.3 Å². The number of aromatic nitrogens is 1. The van der Waals surface area contributed by atoms with Crippen LogP contribution in [0.5, 0.6) is 5.75 Å². The highest BCUT2D eigenvalue weighted by Gasteiger charge is 2.27. The summed E-state index contributed by atoms with van der Waals surface area (Å²) < 4.78 is 7.68. The molecule has 0 spiro atoms. The lowest BCUT2D eigenvalue weighted by Gasteiger charge is -2.37. The van der Waals surface area contributed by atoms with E-state index >= 15 is 0 Å². The largest absolute Gasteiger partial charge is 0.495 e. The van der Waals surface area contributed by atoms with Gasteiger partial charge in [-0.1, -0.05) is 42.0 Å². The Morgan fingerprint density at radius 1 is 0.935 bits per heavy atom. The Hall–Kier alpha value is -3.21. The normalized spacial score (nSPS) is 14.1. The molecule has 5 nitrogen and oxygen atoms in total. The number of carbonyl (C=O) groups excluding carboxylic acids is 1.